The van der Waals surface area contributed by atoms with Crippen LogP contribution in [-0.4, -0.2) is 29.2 Å². The van der Waals surface area contributed by atoms with Gasteiger partial charge < -0.3 is 15.2 Å². The van der Waals surface area contributed by atoms with E-state index in [-0.39, 0.29) is 11.9 Å². The van der Waals surface area contributed by atoms with Crippen LogP contribution in [0.3, 0.4) is 0 Å². The van der Waals surface area contributed by atoms with E-state index < -0.39 is 18.2 Å². The number of ether oxygens (including phenoxy) is 1. The van der Waals surface area contributed by atoms with Crippen molar-refractivity contribution < 1.29 is 19.4 Å². The van der Waals surface area contributed by atoms with Crippen molar-refractivity contribution in [2.75, 3.05) is 0 Å². The largest absolute Gasteiger partial charge is 0.479 e. The van der Waals surface area contributed by atoms with Gasteiger partial charge in [-0.25, -0.2) is 4.79 Å². The molecule has 3 atom stereocenters. The number of benzene rings is 1. The van der Waals surface area contributed by atoms with Gasteiger partial charge in [-0.2, -0.15) is 0 Å². The summed E-state index contributed by atoms with van der Waals surface area (Å²) in [7, 11) is 0. The highest BCUT2D eigenvalue weighted by molar-refractivity contribution is 6.35. The molecule has 1 amide bonds. The number of hydrogen-bond acceptors (Lipinski definition) is 3. The van der Waals surface area contributed by atoms with Crippen molar-refractivity contribution >= 4 is 35.1 Å². The number of aliphatic carboxylic acids is 1. The monoisotopic (exact) mass is 331 g/mol. The fourth-order valence-corrected chi connectivity index (χ4v) is 2.82. The molecule has 21 heavy (non-hydrogen) atoms. The summed E-state index contributed by atoms with van der Waals surface area (Å²) in [6.45, 7) is 1.79. The second kappa shape index (κ2) is 6.64. The van der Waals surface area contributed by atoms with Crippen molar-refractivity contribution in [1.82, 2.24) is 5.32 Å². The van der Waals surface area contributed by atoms with Crippen LogP contribution in [0.1, 0.15) is 31.4 Å². The first kappa shape index (κ1) is 16.1. The third-order valence-corrected chi connectivity index (χ3v) is 3.94. The van der Waals surface area contributed by atoms with E-state index in [1.165, 1.54) is 0 Å². The molecule has 0 spiro atoms. The quantitative estimate of drug-likeness (QED) is 0.889. The Morgan fingerprint density at radius 1 is 1.33 bits per heavy atom. The summed E-state index contributed by atoms with van der Waals surface area (Å²) in [4.78, 5) is 22.9. The minimum Gasteiger partial charge on any atom is -0.479 e. The van der Waals surface area contributed by atoms with Crippen molar-refractivity contribution in [2.24, 2.45) is 0 Å². The normalized spacial score (nSPS) is 22.8. The summed E-state index contributed by atoms with van der Waals surface area (Å²) < 4.78 is 5.21. The van der Waals surface area contributed by atoms with Crippen LogP contribution >= 0.6 is 23.2 Å². The molecule has 2 N–H and O–H groups in total. The predicted molar refractivity (Wildman–Crippen MR) is 78.6 cm³/mol. The van der Waals surface area contributed by atoms with Crippen LogP contribution in [0.2, 0.25) is 10.0 Å². The zero-order valence-corrected chi connectivity index (χ0v) is 12.8. The van der Waals surface area contributed by atoms with Gasteiger partial charge in [0.25, 0.3) is 0 Å². The maximum Gasteiger partial charge on any atom is 0.332 e. The molecule has 1 aliphatic heterocycles. The van der Waals surface area contributed by atoms with Gasteiger partial charge in [0.05, 0.1) is 6.04 Å². The number of halogens is 2. The molecule has 7 heteroatoms. The van der Waals surface area contributed by atoms with Gasteiger partial charge >= 0.3 is 5.97 Å². The molecule has 2 rings (SSSR count). The Morgan fingerprint density at radius 3 is 2.57 bits per heavy atom. The van der Waals surface area contributed by atoms with E-state index >= 15 is 0 Å². The van der Waals surface area contributed by atoms with Gasteiger partial charge in [-0.1, -0.05) is 29.3 Å². The van der Waals surface area contributed by atoms with Crippen LogP contribution in [0, 0.1) is 0 Å². The second-order valence-electron chi connectivity index (χ2n) is 4.93. The third kappa shape index (κ3) is 3.87. The van der Waals surface area contributed by atoms with Crippen LogP contribution in [0.4, 0.5) is 0 Å². The Hall–Kier alpha value is -1.30. The van der Waals surface area contributed by atoms with Crippen molar-refractivity contribution in [3.8, 4) is 0 Å². The van der Waals surface area contributed by atoms with Gasteiger partial charge in [0.2, 0.25) is 5.91 Å². The third-order valence-electron chi connectivity index (χ3n) is 3.38. The van der Waals surface area contributed by atoms with E-state index in [0.29, 0.717) is 22.9 Å². The van der Waals surface area contributed by atoms with E-state index in [9.17, 15) is 9.59 Å². The number of carbonyl (C=O) groups excluding carboxylic acids is 1. The molecule has 1 aromatic carbocycles. The van der Waals surface area contributed by atoms with Crippen molar-refractivity contribution in [3.63, 3.8) is 0 Å². The molecular weight excluding hydrogens is 317 g/mol. The standard InChI is InChI=1S/C14H15Cl2NO4/c1-7(9-3-2-8(15)6-10(9)16)17-13(18)11-4-5-12(21-11)14(19)20/h2-3,6-7,11-12H,4-5H2,1H3,(H,17,18)(H,19,20)/t7?,11-,12+/m0/s1. The van der Waals surface area contributed by atoms with E-state index in [1.54, 1.807) is 25.1 Å². The average molecular weight is 332 g/mol. The van der Waals surface area contributed by atoms with Crippen LogP contribution in [0.5, 0.6) is 0 Å². The van der Waals surface area contributed by atoms with Gasteiger partial charge in [-0.3, -0.25) is 4.79 Å². The molecule has 1 aromatic rings. The van der Waals surface area contributed by atoms with Gasteiger partial charge in [-0.15, -0.1) is 0 Å². The van der Waals surface area contributed by atoms with E-state index in [4.69, 9.17) is 33.0 Å². The summed E-state index contributed by atoms with van der Waals surface area (Å²) in [6, 6.07) is 4.71. The highest BCUT2D eigenvalue weighted by atomic mass is 35.5. The number of carboxylic acids is 1. The topological polar surface area (TPSA) is 75.6 Å². The molecule has 1 fully saturated rings. The molecule has 0 aromatic heterocycles. The van der Waals surface area contributed by atoms with E-state index in [0.717, 1.165) is 5.56 Å². The minimum absolute atomic E-state index is 0.324. The molecule has 0 radical (unpaired) electrons. The molecule has 0 bridgehead atoms. The first-order valence-electron chi connectivity index (χ1n) is 6.52. The lowest BCUT2D eigenvalue weighted by Crippen LogP contribution is -2.37. The number of nitrogens with one attached hydrogen (secondary N) is 1. The zero-order chi connectivity index (χ0) is 15.6. The molecule has 1 unspecified atom stereocenters. The first-order chi connectivity index (χ1) is 9.88. The summed E-state index contributed by atoms with van der Waals surface area (Å²) in [6.07, 6.45) is -0.914. The highest BCUT2D eigenvalue weighted by Gasteiger charge is 2.35. The Morgan fingerprint density at radius 2 is 2.00 bits per heavy atom. The van der Waals surface area contributed by atoms with Crippen LogP contribution < -0.4 is 5.32 Å². The van der Waals surface area contributed by atoms with Crippen LogP contribution in [-0.2, 0) is 14.3 Å². The first-order valence-corrected chi connectivity index (χ1v) is 7.27. The SMILES string of the molecule is CC(NC(=O)[C@@H]1CC[C@H](C(=O)O)O1)c1ccc(Cl)cc1Cl. The molecule has 1 heterocycles. The van der Waals surface area contributed by atoms with Gasteiger partial charge in [-0.05, 0) is 37.5 Å². The van der Waals surface area contributed by atoms with Gasteiger partial charge in [0.15, 0.2) is 6.10 Å². The molecule has 1 saturated heterocycles. The minimum atomic E-state index is -1.04. The second-order valence-corrected chi connectivity index (χ2v) is 5.77. The Labute approximate surface area is 132 Å². The lowest BCUT2D eigenvalue weighted by molar-refractivity contribution is -0.151. The van der Waals surface area contributed by atoms with Crippen LogP contribution in [0.25, 0.3) is 0 Å². The maximum atomic E-state index is 12.1. The number of hydrogen-bond donors (Lipinski definition) is 2. The lowest BCUT2D eigenvalue weighted by atomic mass is 10.1. The number of carboxylic acid groups (broad SMARTS) is 1. The predicted octanol–water partition coefficient (Wildman–Crippen LogP) is 2.80. The Kier molecular flexibility index (Phi) is 5.08. The summed E-state index contributed by atoms with van der Waals surface area (Å²) in [5, 5.41) is 12.6. The van der Waals surface area contributed by atoms with Gasteiger partial charge in [0, 0.05) is 10.0 Å². The molecule has 0 saturated carbocycles. The number of carbonyl (C=O) groups is 2. The maximum absolute atomic E-state index is 12.1. The fraction of sp³-hybridized carbons (Fsp3) is 0.429. The summed E-state index contributed by atoms with van der Waals surface area (Å²) in [5.74, 6) is -1.38. The smallest absolute Gasteiger partial charge is 0.332 e. The summed E-state index contributed by atoms with van der Waals surface area (Å²) >= 11 is 11.9. The highest BCUT2D eigenvalue weighted by Crippen LogP contribution is 2.27. The molecule has 5 nitrogen and oxygen atoms in total. The van der Waals surface area contributed by atoms with Crippen molar-refractivity contribution in [1.29, 1.82) is 0 Å². The molecular formula is C14H15Cl2NO4. The number of rotatable bonds is 4. The fourth-order valence-electron chi connectivity index (χ4n) is 2.25. The van der Waals surface area contributed by atoms with Crippen molar-refractivity contribution in [3.05, 3.63) is 33.8 Å². The molecule has 1 aliphatic rings. The molecule has 0 aliphatic carbocycles. The van der Waals surface area contributed by atoms with Crippen LogP contribution in [0.15, 0.2) is 18.2 Å². The average Bonchev–Trinajstić information content (AvgIpc) is 2.88. The molecule has 114 valence electrons. The lowest BCUT2D eigenvalue weighted by Gasteiger charge is -2.18. The van der Waals surface area contributed by atoms with E-state index in [2.05, 4.69) is 5.32 Å². The van der Waals surface area contributed by atoms with Crippen molar-refractivity contribution in [2.45, 2.75) is 38.0 Å². The Balaban J connectivity index is 1.98. The zero-order valence-electron chi connectivity index (χ0n) is 11.3. The van der Waals surface area contributed by atoms with Gasteiger partial charge in [0.1, 0.15) is 6.10 Å². The summed E-state index contributed by atoms with van der Waals surface area (Å²) in [5.41, 5.74) is 0.738. The number of amides is 1. The Bertz CT molecular complexity index is 564. The van der Waals surface area contributed by atoms with E-state index in [1.807, 2.05) is 0 Å².